The summed E-state index contributed by atoms with van der Waals surface area (Å²) in [7, 11) is 0. The fourth-order valence-electron chi connectivity index (χ4n) is 4.11. The van der Waals surface area contributed by atoms with Gasteiger partial charge in [0.1, 0.15) is 11.6 Å². The maximum Gasteiger partial charge on any atom is 0.405 e. The Labute approximate surface area is 239 Å². The van der Waals surface area contributed by atoms with Crippen LogP contribution in [0.2, 0.25) is 0 Å². The number of nitrogens with zero attached hydrogens (tertiary/aromatic N) is 1. The van der Waals surface area contributed by atoms with Crippen molar-refractivity contribution in [3.05, 3.63) is 65.1 Å². The van der Waals surface area contributed by atoms with Crippen LogP contribution in [0.3, 0.4) is 0 Å². The smallest absolute Gasteiger partial charge is 0.405 e. The molecule has 1 saturated carbocycles. The Morgan fingerprint density at radius 3 is 2.40 bits per heavy atom. The lowest BCUT2D eigenvalue weighted by Gasteiger charge is -2.24. The zero-order chi connectivity index (χ0) is 30.6. The Balaban J connectivity index is 1.73. The molecule has 4 rings (SSSR count). The van der Waals surface area contributed by atoms with Gasteiger partial charge in [-0.25, -0.2) is 18.6 Å². The highest BCUT2D eigenvalue weighted by Gasteiger charge is 2.33. The lowest BCUT2D eigenvalue weighted by Crippen LogP contribution is -2.27. The number of hydrogen-bond acceptors (Lipinski definition) is 7. The summed E-state index contributed by atoms with van der Waals surface area (Å²) in [6.45, 7) is 2.25. The van der Waals surface area contributed by atoms with Gasteiger partial charge in [-0.1, -0.05) is 26.8 Å². The number of primary amides is 1. The van der Waals surface area contributed by atoms with Crippen LogP contribution < -0.4 is 20.5 Å². The summed E-state index contributed by atoms with van der Waals surface area (Å²) in [5.41, 5.74) is 4.38. The number of aromatic nitrogens is 1. The topological polar surface area (TPSA) is 126 Å². The third-order valence-corrected chi connectivity index (χ3v) is 6.28. The molecule has 1 unspecified atom stereocenters. The van der Waals surface area contributed by atoms with Gasteiger partial charge in [0, 0.05) is 17.7 Å². The second-order valence-electron chi connectivity index (χ2n) is 11.1. The first-order valence-electron chi connectivity index (χ1n) is 13.2. The van der Waals surface area contributed by atoms with Gasteiger partial charge in [-0.15, -0.1) is 0 Å². The highest BCUT2D eigenvalue weighted by atomic mass is 19.3. The van der Waals surface area contributed by atoms with Gasteiger partial charge in [-0.05, 0) is 60.9 Å². The van der Waals surface area contributed by atoms with Crippen LogP contribution in [-0.2, 0) is 11.3 Å². The van der Waals surface area contributed by atoms with Crippen molar-refractivity contribution in [2.24, 2.45) is 17.1 Å². The third-order valence-electron chi connectivity index (χ3n) is 6.28. The molecule has 0 aliphatic heterocycles. The van der Waals surface area contributed by atoms with E-state index in [0.29, 0.717) is 12.5 Å². The molecule has 0 bridgehead atoms. The molecule has 13 heteroatoms. The number of alkyl halides is 2. The number of benzene rings is 2. The minimum absolute atomic E-state index is 0.0140. The van der Waals surface area contributed by atoms with E-state index < -0.39 is 48.3 Å². The first kappa shape index (κ1) is 30.7. The normalized spacial score (nSPS) is 14.0. The molecule has 3 N–H and O–H groups in total. The number of ether oxygens (including phenoxy) is 3. The van der Waals surface area contributed by atoms with Gasteiger partial charge in [0.05, 0.1) is 6.61 Å². The zero-order valence-corrected chi connectivity index (χ0v) is 23.2. The SMILES string of the molecule is CC(C)(C)CC(OC(N)=O)c1oc(-c2ccc(OC(F)F)c(OCC3CC3)c2)nc1C(=O)NCc1c(F)cccc1F. The lowest BCUT2D eigenvalue weighted by molar-refractivity contribution is -0.0515. The molecule has 1 atom stereocenters. The first-order valence-corrected chi connectivity index (χ1v) is 13.2. The van der Waals surface area contributed by atoms with Gasteiger partial charge in [0.15, 0.2) is 29.1 Å². The van der Waals surface area contributed by atoms with Gasteiger partial charge in [-0.2, -0.15) is 8.78 Å². The number of halogens is 4. The molecule has 0 saturated heterocycles. The number of nitrogens with one attached hydrogen (secondary N) is 1. The van der Waals surface area contributed by atoms with Crippen molar-refractivity contribution < 1.29 is 45.8 Å². The summed E-state index contributed by atoms with van der Waals surface area (Å²) < 4.78 is 75.9. The van der Waals surface area contributed by atoms with Gasteiger partial charge >= 0.3 is 12.7 Å². The molecular formula is C29H31F4N3O6. The van der Waals surface area contributed by atoms with Crippen LogP contribution in [0.1, 0.15) is 67.9 Å². The largest absolute Gasteiger partial charge is 0.489 e. The minimum atomic E-state index is -3.09. The molecule has 1 aliphatic rings. The molecule has 1 heterocycles. The Bertz CT molecular complexity index is 1410. The minimum Gasteiger partial charge on any atom is -0.489 e. The number of amides is 2. The van der Waals surface area contributed by atoms with E-state index in [-0.39, 0.29) is 46.4 Å². The number of carbonyl (C=O) groups is 2. The molecule has 2 amide bonds. The predicted octanol–water partition coefficient (Wildman–Crippen LogP) is 6.51. The Hall–Kier alpha value is -4.29. The van der Waals surface area contributed by atoms with Crippen molar-refractivity contribution >= 4 is 12.0 Å². The second-order valence-corrected chi connectivity index (χ2v) is 11.1. The van der Waals surface area contributed by atoms with Crippen LogP contribution >= 0.6 is 0 Å². The maximum absolute atomic E-state index is 14.2. The van der Waals surface area contributed by atoms with E-state index >= 15 is 0 Å². The van der Waals surface area contributed by atoms with Crippen LogP contribution in [0, 0.1) is 23.0 Å². The molecule has 1 aliphatic carbocycles. The summed E-state index contributed by atoms with van der Waals surface area (Å²) >= 11 is 0. The molecule has 2 aromatic carbocycles. The van der Waals surface area contributed by atoms with Gasteiger partial charge in [0.2, 0.25) is 5.89 Å². The van der Waals surface area contributed by atoms with Crippen molar-refractivity contribution in [1.82, 2.24) is 10.3 Å². The summed E-state index contributed by atoms with van der Waals surface area (Å²) in [4.78, 5) is 29.4. The maximum atomic E-state index is 14.2. The van der Waals surface area contributed by atoms with Crippen molar-refractivity contribution in [3.63, 3.8) is 0 Å². The van der Waals surface area contributed by atoms with E-state index in [2.05, 4.69) is 15.0 Å². The average molecular weight is 594 g/mol. The Morgan fingerprint density at radius 2 is 1.81 bits per heavy atom. The van der Waals surface area contributed by atoms with Crippen molar-refractivity contribution in [2.45, 2.75) is 59.3 Å². The fraction of sp³-hybridized carbons (Fsp3) is 0.414. The molecule has 226 valence electrons. The molecule has 0 spiro atoms. The molecule has 3 aromatic rings. The van der Waals surface area contributed by atoms with Crippen LogP contribution in [0.4, 0.5) is 22.4 Å². The number of rotatable bonds is 12. The van der Waals surface area contributed by atoms with Gasteiger partial charge in [0.25, 0.3) is 5.91 Å². The quantitative estimate of drug-likeness (QED) is 0.229. The Kier molecular flexibility index (Phi) is 9.27. The van der Waals surface area contributed by atoms with E-state index in [1.54, 1.807) is 0 Å². The summed E-state index contributed by atoms with van der Waals surface area (Å²) in [5, 5.41) is 2.41. The molecule has 1 aromatic heterocycles. The average Bonchev–Trinajstić information content (AvgIpc) is 3.61. The summed E-state index contributed by atoms with van der Waals surface area (Å²) in [6, 6.07) is 7.29. The summed E-state index contributed by atoms with van der Waals surface area (Å²) in [5.74, 6) is -2.78. The first-order chi connectivity index (χ1) is 19.8. The van der Waals surface area contributed by atoms with Gasteiger partial charge < -0.3 is 29.7 Å². The van der Waals surface area contributed by atoms with E-state index in [1.807, 2.05) is 20.8 Å². The van der Waals surface area contributed by atoms with E-state index in [0.717, 1.165) is 25.0 Å². The standard InChI is InChI=1S/C29H31F4N3O6/c1-29(2,3)12-22(41-28(34)38)24-23(25(37)35-13-17-18(30)5-4-6-19(17)31)36-26(42-24)16-9-10-20(40-27(32)33)21(11-16)39-14-15-7-8-15/h4-6,9-11,15,22,27H,7-8,12-14H2,1-3H3,(H2,34,38)(H,35,37). The van der Waals surface area contributed by atoms with E-state index in [9.17, 15) is 27.2 Å². The van der Waals surface area contributed by atoms with Crippen molar-refractivity contribution in [3.8, 4) is 23.0 Å². The fourth-order valence-corrected chi connectivity index (χ4v) is 4.11. The van der Waals surface area contributed by atoms with Crippen LogP contribution in [0.25, 0.3) is 11.5 Å². The monoisotopic (exact) mass is 593 g/mol. The zero-order valence-electron chi connectivity index (χ0n) is 23.2. The Morgan fingerprint density at radius 1 is 1.12 bits per heavy atom. The van der Waals surface area contributed by atoms with E-state index in [4.69, 9.17) is 19.6 Å². The van der Waals surface area contributed by atoms with Crippen molar-refractivity contribution in [2.75, 3.05) is 6.61 Å². The molecule has 9 nitrogen and oxygen atoms in total. The number of carbonyl (C=O) groups excluding carboxylic acids is 2. The lowest BCUT2D eigenvalue weighted by atomic mass is 9.88. The molecule has 1 fully saturated rings. The van der Waals surface area contributed by atoms with Crippen LogP contribution in [0.15, 0.2) is 40.8 Å². The number of hydrogen-bond donors (Lipinski definition) is 2. The predicted molar refractivity (Wildman–Crippen MR) is 142 cm³/mol. The number of oxazole rings is 1. The third kappa shape index (κ3) is 8.14. The second kappa shape index (κ2) is 12.7. The molecule has 0 radical (unpaired) electrons. The van der Waals surface area contributed by atoms with Crippen molar-refractivity contribution in [1.29, 1.82) is 0 Å². The molecule has 42 heavy (non-hydrogen) atoms. The van der Waals surface area contributed by atoms with Crippen LogP contribution in [-0.4, -0.2) is 30.2 Å². The van der Waals surface area contributed by atoms with E-state index in [1.165, 1.54) is 24.3 Å². The van der Waals surface area contributed by atoms with Crippen LogP contribution in [0.5, 0.6) is 11.5 Å². The number of nitrogens with two attached hydrogens (primary N) is 1. The highest BCUT2D eigenvalue weighted by molar-refractivity contribution is 5.94. The highest BCUT2D eigenvalue weighted by Crippen LogP contribution is 2.39. The van der Waals surface area contributed by atoms with Gasteiger partial charge in [-0.3, -0.25) is 4.79 Å². The summed E-state index contributed by atoms with van der Waals surface area (Å²) in [6.07, 6.45) is -0.229. The molecular weight excluding hydrogens is 562 g/mol.